The average Bonchev–Trinajstić information content (AvgIpc) is 2.81. The first-order chi connectivity index (χ1) is 8.06. The van der Waals surface area contributed by atoms with Gasteiger partial charge in [-0.2, -0.15) is 0 Å². The van der Waals surface area contributed by atoms with Crippen LogP contribution in [0.3, 0.4) is 0 Å². The van der Waals surface area contributed by atoms with Crippen LogP contribution in [0.1, 0.15) is 21.9 Å². The molecule has 90 valence electrons. The lowest BCUT2D eigenvalue weighted by Gasteiger charge is -2.03. The quantitative estimate of drug-likeness (QED) is 0.943. The van der Waals surface area contributed by atoms with Crippen LogP contribution in [-0.4, -0.2) is 15.6 Å². The molecular weight excluding hydrogens is 286 g/mol. The molecule has 0 aliphatic carbocycles. The number of aryl methyl sites for hydroxylation is 2. The Hall–Kier alpha value is -1.56. The van der Waals surface area contributed by atoms with Gasteiger partial charge in [-0.1, -0.05) is 5.16 Å². The fourth-order valence-electron chi connectivity index (χ4n) is 1.51. The van der Waals surface area contributed by atoms with Crippen LogP contribution in [0.4, 0.5) is 0 Å². The SMILES string of the molecule is Cc1cc(CNC(=O)c2cc(Br)cn2C)no1. The number of aromatic nitrogens is 2. The van der Waals surface area contributed by atoms with E-state index >= 15 is 0 Å². The molecule has 0 saturated carbocycles. The van der Waals surface area contributed by atoms with Crippen LogP contribution in [0.25, 0.3) is 0 Å². The smallest absolute Gasteiger partial charge is 0.268 e. The van der Waals surface area contributed by atoms with Crippen molar-refractivity contribution in [2.45, 2.75) is 13.5 Å². The number of carbonyl (C=O) groups excluding carboxylic acids is 1. The summed E-state index contributed by atoms with van der Waals surface area (Å²) in [7, 11) is 1.82. The van der Waals surface area contributed by atoms with E-state index in [1.165, 1.54) is 0 Å². The third kappa shape index (κ3) is 2.76. The van der Waals surface area contributed by atoms with E-state index in [-0.39, 0.29) is 5.91 Å². The molecular formula is C11H12BrN3O2. The molecule has 2 aromatic rings. The summed E-state index contributed by atoms with van der Waals surface area (Å²) < 4.78 is 7.55. The monoisotopic (exact) mass is 297 g/mol. The summed E-state index contributed by atoms with van der Waals surface area (Å²) in [4.78, 5) is 11.8. The molecule has 1 amide bonds. The van der Waals surface area contributed by atoms with E-state index in [9.17, 15) is 4.79 Å². The molecule has 0 unspecified atom stereocenters. The van der Waals surface area contributed by atoms with Crippen LogP contribution in [0.5, 0.6) is 0 Å². The summed E-state index contributed by atoms with van der Waals surface area (Å²) in [6, 6.07) is 3.56. The van der Waals surface area contributed by atoms with Crippen molar-refractivity contribution in [3.63, 3.8) is 0 Å². The largest absolute Gasteiger partial charge is 0.361 e. The van der Waals surface area contributed by atoms with Gasteiger partial charge in [0.05, 0.1) is 6.54 Å². The lowest BCUT2D eigenvalue weighted by atomic mass is 10.3. The van der Waals surface area contributed by atoms with E-state index in [1.807, 2.05) is 20.2 Å². The van der Waals surface area contributed by atoms with E-state index in [2.05, 4.69) is 26.4 Å². The maximum Gasteiger partial charge on any atom is 0.268 e. The summed E-state index contributed by atoms with van der Waals surface area (Å²) >= 11 is 3.32. The van der Waals surface area contributed by atoms with E-state index in [0.717, 1.165) is 10.2 Å². The van der Waals surface area contributed by atoms with Crippen LogP contribution in [0, 0.1) is 6.92 Å². The number of carbonyl (C=O) groups is 1. The molecule has 0 spiro atoms. The van der Waals surface area contributed by atoms with Crippen molar-refractivity contribution < 1.29 is 9.32 Å². The third-order valence-corrected chi connectivity index (χ3v) is 2.74. The summed E-state index contributed by atoms with van der Waals surface area (Å²) in [6.45, 7) is 2.17. The van der Waals surface area contributed by atoms with Gasteiger partial charge in [-0.25, -0.2) is 0 Å². The summed E-state index contributed by atoms with van der Waals surface area (Å²) in [5, 5.41) is 6.58. The molecule has 2 aromatic heterocycles. The lowest BCUT2D eigenvalue weighted by Crippen LogP contribution is -2.24. The van der Waals surface area contributed by atoms with Crippen molar-refractivity contribution in [2.75, 3.05) is 0 Å². The summed E-state index contributed by atoms with van der Waals surface area (Å²) in [5.74, 6) is 0.592. The highest BCUT2D eigenvalue weighted by atomic mass is 79.9. The average molecular weight is 298 g/mol. The van der Waals surface area contributed by atoms with Gasteiger partial charge in [0.2, 0.25) is 0 Å². The van der Waals surface area contributed by atoms with Crippen LogP contribution in [-0.2, 0) is 13.6 Å². The molecule has 2 rings (SSSR count). The number of rotatable bonds is 3. The zero-order valence-electron chi connectivity index (χ0n) is 9.53. The van der Waals surface area contributed by atoms with Gasteiger partial charge in [0.15, 0.2) is 0 Å². The molecule has 0 aliphatic rings. The molecule has 0 aliphatic heterocycles. The van der Waals surface area contributed by atoms with Crippen molar-refractivity contribution in [2.24, 2.45) is 7.05 Å². The Bertz CT molecular complexity index is 545. The van der Waals surface area contributed by atoms with Crippen LogP contribution < -0.4 is 5.32 Å². The fraction of sp³-hybridized carbons (Fsp3) is 0.273. The zero-order chi connectivity index (χ0) is 12.4. The molecule has 6 heteroatoms. The van der Waals surface area contributed by atoms with Gasteiger partial charge >= 0.3 is 0 Å². The lowest BCUT2D eigenvalue weighted by molar-refractivity contribution is 0.0942. The molecule has 0 bridgehead atoms. The van der Waals surface area contributed by atoms with Gasteiger partial charge in [0.1, 0.15) is 17.1 Å². The summed E-state index contributed by atoms with van der Waals surface area (Å²) in [5.41, 5.74) is 1.31. The zero-order valence-corrected chi connectivity index (χ0v) is 11.1. The van der Waals surface area contributed by atoms with Gasteiger partial charge in [-0.15, -0.1) is 0 Å². The molecule has 0 atom stereocenters. The van der Waals surface area contributed by atoms with E-state index in [1.54, 1.807) is 16.7 Å². The number of hydrogen-bond donors (Lipinski definition) is 1. The maximum atomic E-state index is 11.8. The van der Waals surface area contributed by atoms with Gasteiger partial charge in [-0.05, 0) is 28.9 Å². The second-order valence-corrected chi connectivity index (χ2v) is 4.68. The molecule has 17 heavy (non-hydrogen) atoms. The Morgan fingerprint density at radius 2 is 2.35 bits per heavy atom. The highest BCUT2D eigenvalue weighted by Crippen LogP contribution is 2.13. The predicted octanol–water partition coefficient (Wildman–Crippen LogP) is 2.01. The Morgan fingerprint density at radius 3 is 2.88 bits per heavy atom. The molecule has 0 radical (unpaired) electrons. The van der Waals surface area contributed by atoms with Crippen molar-refractivity contribution >= 4 is 21.8 Å². The second-order valence-electron chi connectivity index (χ2n) is 3.77. The first kappa shape index (κ1) is 11.9. The number of halogens is 1. The molecule has 0 saturated heterocycles. The van der Waals surface area contributed by atoms with Gasteiger partial charge in [0.25, 0.3) is 5.91 Å². The van der Waals surface area contributed by atoms with Gasteiger partial charge in [0, 0.05) is 23.8 Å². The van der Waals surface area contributed by atoms with Crippen molar-refractivity contribution in [1.29, 1.82) is 0 Å². The van der Waals surface area contributed by atoms with Gasteiger partial charge in [-0.3, -0.25) is 4.79 Å². The highest BCUT2D eigenvalue weighted by molar-refractivity contribution is 9.10. The molecule has 2 heterocycles. The molecule has 5 nitrogen and oxygen atoms in total. The van der Waals surface area contributed by atoms with Crippen LogP contribution in [0.15, 0.2) is 27.3 Å². The van der Waals surface area contributed by atoms with E-state index in [0.29, 0.717) is 17.9 Å². The second kappa shape index (κ2) is 4.75. The Balaban J connectivity index is 2.00. The molecule has 0 fully saturated rings. The Morgan fingerprint density at radius 1 is 1.59 bits per heavy atom. The van der Waals surface area contributed by atoms with E-state index < -0.39 is 0 Å². The van der Waals surface area contributed by atoms with Crippen molar-refractivity contribution in [3.8, 4) is 0 Å². The minimum Gasteiger partial charge on any atom is -0.361 e. The minimum absolute atomic E-state index is 0.140. The normalized spacial score (nSPS) is 10.5. The van der Waals surface area contributed by atoms with Crippen LogP contribution in [0.2, 0.25) is 0 Å². The number of nitrogens with zero attached hydrogens (tertiary/aromatic N) is 2. The first-order valence-electron chi connectivity index (χ1n) is 5.08. The highest BCUT2D eigenvalue weighted by Gasteiger charge is 2.11. The number of nitrogens with one attached hydrogen (secondary N) is 1. The van der Waals surface area contributed by atoms with Crippen LogP contribution >= 0.6 is 15.9 Å². The van der Waals surface area contributed by atoms with Gasteiger partial charge < -0.3 is 14.4 Å². The maximum absolute atomic E-state index is 11.8. The van der Waals surface area contributed by atoms with Crippen molar-refractivity contribution in [1.82, 2.24) is 15.0 Å². The molecule has 0 aromatic carbocycles. The number of hydrogen-bond acceptors (Lipinski definition) is 3. The first-order valence-corrected chi connectivity index (χ1v) is 5.88. The Kier molecular flexibility index (Phi) is 3.33. The fourth-order valence-corrected chi connectivity index (χ4v) is 2.04. The third-order valence-electron chi connectivity index (χ3n) is 2.31. The molecule has 1 N–H and O–H groups in total. The minimum atomic E-state index is -0.140. The topological polar surface area (TPSA) is 60.1 Å². The van der Waals surface area contributed by atoms with Crippen molar-refractivity contribution in [3.05, 3.63) is 40.0 Å². The summed E-state index contributed by atoms with van der Waals surface area (Å²) in [6.07, 6.45) is 1.83. The van der Waals surface area contributed by atoms with E-state index in [4.69, 9.17) is 4.52 Å². The predicted molar refractivity (Wildman–Crippen MR) is 65.5 cm³/mol. The standard InChI is InChI=1S/C11H12BrN3O2/c1-7-3-9(14-17-7)5-13-11(16)10-4-8(12)6-15(10)2/h3-4,6H,5H2,1-2H3,(H,13,16). The Labute approximate surface area is 107 Å². The number of amides is 1.